The molecule has 0 saturated carbocycles. The van der Waals surface area contributed by atoms with E-state index in [1.807, 2.05) is 103 Å². The zero-order valence-corrected chi connectivity index (χ0v) is 28.4. The molecule has 3 heterocycles. The second-order valence-electron chi connectivity index (χ2n) is 13.3. The molecule has 0 bridgehead atoms. The molecule has 3 amide bonds. The van der Waals surface area contributed by atoms with Gasteiger partial charge in [0.1, 0.15) is 12.6 Å². The minimum Gasteiger partial charge on any atom is -0.368 e. The molecule has 0 radical (unpaired) electrons. The molecule has 1 saturated heterocycles. The summed E-state index contributed by atoms with van der Waals surface area (Å²) >= 11 is 6.39. The lowest BCUT2D eigenvalue weighted by Gasteiger charge is -2.37. The van der Waals surface area contributed by atoms with Crippen molar-refractivity contribution in [2.45, 2.75) is 44.2 Å². The predicted octanol–water partition coefficient (Wildman–Crippen LogP) is 4.87. The van der Waals surface area contributed by atoms with Crippen molar-refractivity contribution in [2.75, 3.05) is 51.8 Å². The molecule has 6 rings (SSSR count). The summed E-state index contributed by atoms with van der Waals surface area (Å²) in [6.45, 7) is 2.39. The van der Waals surface area contributed by atoms with E-state index in [-0.39, 0.29) is 36.4 Å². The largest absolute Gasteiger partial charge is 0.368 e. The third kappa shape index (κ3) is 8.27. The van der Waals surface area contributed by atoms with E-state index in [0.717, 1.165) is 46.2 Å². The number of carbonyl (C=O) groups is 3. The van der Waals surface area contributed by atoms with Gasteiger partial charge in [0.2, 0.25) is 17.7 Å². The Bertz CT molecular complexity index is 1730. The van der Waals surface area contributed by atoms with Gasteiger partial charge in [-0.3, -0.25) is 14.4 Å². The molecule has 0 aliphatic carbocycles. The van der Waals surface area contributed by atoms with Crippen LogP contribution in [0.1, 0.15) is 29.5 Å². The minimum absolute atomic E-state index is 0.102. The number of amides is 3. The van der Waals surface area contributed by atoms with Gasteiger partial charge in [-0.1, -0.05) is 60.1 Å². The number of likely N-dealkylation sites (tertiary alicyclic amines) is 1. The van der Waals surface area contributed by atoms with Crippen LogP contribution in [0, 0.1) is 5.92 Å². The molecule has 252 valence electrons. The van der Waals surface area contributed by atoms with E-state index >= 15 is 0 Å². The first-order chi connectivity index (χ1) is 23.2. The number of nitrogens with zero attached hydrogens (tertiary/aromatic N) is 3. The number of carbonyl (C=O) groups excluding carboxylic acids is 3. The number of H-pyrrole nitrogens is 1. The van der Waals surface area contributed by atoms with Crippen molar-refractivity contribution in [1.29, 1.82) is 0 Å². The highest BCUT2D eigenvalue weighted by molar-refractivity contribution is 6.30. The third-order valence-electron chi connectivity index (χ3n) is 9.35. The van der Waals surface area contributed by atoms with Gasteiger partial charge in [0.25, 0.3) is 0 Å². The predicted molar refractivity (Wildman–Crippen MR) is 189 cm³/mol. The van der Waals surface area contributed by atoms with Crippen LogP contribution >= 0.6 is 11.6 Å². The molecule has 9 nitrogen and oxygen atoms in total. The van der Waals surface area contributed by atoms with Gasteiger partial charge in [0.15, 0.2) is 0 Å². The van der Waals surface area contributed by atoms with Crippen molar-refractivity contribution in [3.63, 3.8) is 0 Å². The van der Waals surface area contributed by atoms with E-state index in [0.29, 0.717) is 50.3 Å². The maximum absolute atomic E-state index is 14.5. The Morgan fingerprint density at radius 3 is 2.54 bits per heavy atom. The number of halogens is 1. The van der Waals surface area contributed by atoms with Crippen molar-refractivity contribution < 1.29 is 19.1 Å². The molecular formula is C38H44ClN5O4. The van der Waals surface area contributed by atoms with Gasteiger partial charge in [-0.05, 0) is 80.2 Å². The fourth-order valence-corrected chi connectivity index (χ4v) is 7.25. The number of hydrogen-bond acceptors (Lipinski definition) is 5. The number of anilines is 1. The van der Waals surface area contributed by atoms with E-state index < -0.39 is 6.04 Å². The number of ether oxygens (including phenoxy) is 1. The molecule has 4 aromatic rings. The number of para-hydroxylation sites is 1. The molecule has 1 fully saturated rings. The monoisotopic (exact) mass is 669 g/mol. The number of hydrogen-bond donors (Lipinski definition) is 2. The van der Waals surface area contributed by atoms with Crippen LogP contribution < -0.4 is 10.2 Å². The van der Waals surface area contributed by atoms with Gasteiger partial charge in [-0.15, -0.1) is 0 Å². The lowest BCUT2D eigenvalue weighted by Crippen LogP contribution is -2.54. The van der Waals surface area contributed by atoms with Gasteiger partial charge in [0, 0.05) is 60.4 Å². The molecule has 0 unspecified atom stereocenters. The number of nitrogens with one attached hydrogen (secondary N) is 2. The van der Waals surface area contributed by atoms with Crippen molar-refractivity contribution in [2.24, 2.45) is 5.92 Å². The van der Waals surface area contributed by atoms with Crippen LogP contribution in [0.3, 0.4) is 0 Å². The normalized spacial score (nSPS) is 17.4. The molecule has 48 heavy (non-hydrogen) atoms. The van der Waals surface area contributed by atoms with E-state index in [4.69, 9.17) is 16.3 Å². The van der Waals surface area contributed by atoms with Crippen LogP contribution in [0.5, 0.6) is 0 Å². The second-order valence-corrected chi connectivity index (χ2v) is 13.7. The summed E-state index contributed by atoms with van der Waals surface area (Å²) in [5, 5.41) is 4.70. The molecular weight excluding hydrogens is 626 g/mol. The Labute approximate surface area is 287 Å². The number of aromatic amines is 1. The third-order valence-corrected chi connectivity index (χ3v) is 9.58. The number of piperidine rings is 1. The number of fused-ring (bicyclic) bond motifs is 2. The molecule has 2 aliphatic heterocycles. The number of aromatic nitrogens is 1. The SMILES string of the molecule is CN(C)C[C@@H]1Cc2cc(Cl)ccc2N(C(=O)[C@@H](Cc2c[nH]c3ccccc23)NC(=O)COC2CCN(C(=O)Cc3ccccc3)CC2)C1. The maximum Gasteiger partial charge on any atom is 0.249 e. The molecule has 3 aromatic carbocycles. The number of benzene rings is 3. The summed E-state index contributed by atoms with van der Waals surface area (Å²) in [7, 11) is 4.07. The summed E-state index contributed by atoms with van der Waals surface area (Å²) < 4.78 is 6.05. The van der Waals surface area contributed by atoms with Gasteiger partial charge >= 0.3 is 0 Å². The standard InChI is InChI=1S/C38H44ClN5O4/c1-42(2)23-27-18-28-20-30(39)12-13-35(28)44(24-27)38(47)34(21-29-22-40-33-11-7-6-10-32(29)33)41-36(45)25-48-31-14-16-43(17-15-31)37(46)19-26-8-4-3-5-9-26/h3-13,20,22,27,31,34,40H,14-19,21,23-25H2,1-2H3,(H,41,45)/t27-,34+/m0/s1. The molecule has 2 N–H and O–H groups in total. The van der Waals surface area contributed by atoms with Crippen molar-refractivity contribution in [3.05, 3.63) is 101 Å². The quantitative estimate of drug-likeness (QED) is 0.238. The Balaban J connectivity index is 1.13. The average Bonchev–Trinajstić information content (AvgIpc) is 3.49. The van der Waals surface area contributed by atoms with Crippen LogP contribution in [-0.4, -0.2) is 91.5 Å². The Kier molecular flexibility index (Phi) is 10.8. The Hall–Kier alpha value is -4.18. The van der Waals surface area contributed by atoms with Crippen LogP contribution in [-0.2, 0) is 38.4 Å². The van der Waals surface area contributed by atoms with E-state index in [1.165, 1.54) is 0 Å². The zero-order valence-electron chi connectivity index (χ0n) is 27.7. The average molecular weight is 670 g/mol. The topological polar surface area (TPSA) is 98.0 Å². The van der Waals surface area contributed by atoms with E-state index in [2.05, 4.69) is 15.2 Å². The van der Waals surface area contributed by atoms with Crippen molar-refractivity contribution >= 4 is 45.9 Å². The highest BCUT2D eigenvalue weighted by Gasteiger charge is 2.34. The summed E-state index contributed by atoms with van der Waals surface area (Å²) in [6.07, 6.45) is 4.63. The van der Waals surface area contributed by atoms with E-state index in [9.17, 15) is 14.4 Å². The maximum atomic E-state index is 14.5. The molecule has 2 atom stereocenters. The highest BCUT2D eigenvalue weighted by Crippen LogP contribution is 2.33. The van der Waals surface area contributed by atoms with Crippen LogP contribution in [0.15, 0.2) is 79.0 Å². The minimum atomic E-state index is -0.806. The summed E-state index contributed by atoms with van der Waals surface area (Å²) in [5.41, 5.74) is 4.80. The van der Waals surface area contributed by atoms with Crippen LogP contribution in [0.4, 0.5) is 5.69 Å². The first-order valence-electron chi connectivity index (χ1n) is 16.8. The molecule has 2 aliphatic rings. The Morgan fingerprint density at radius 1 is 1.02 bits per heavy atom. The van der Waals surface area contributed by atoms with Gasteiger partial charge in [-0.25, -0.2) is 0 Å². The van der Waals surface area contributed by atoms with Gasteiger partial charge in [0.05, 0.1) is 12.5 Å². The second kappa shape index (κ2) is 15.4. The fraction of sp³-hybridized carbons (Fsp3) is 0.395. The highest BCUT2D eigenvalue weighted by atomic mass is 35.5. The lowest BCUT2D eigenvalue weighted by molar-refractivity contribution is -0.136. The van der Waals surface area contributed by atoms with Crippen molar-refractivity contribution in [1.82, 2.24) is 20.1 Å². The summed E-state index contributed by atoms with van der Waals surface area (Å²) in [4.78, 5) is 49.9. The first kappa shape index (κ1) is 33.7. The zero-order chi connectivity index (χ0) is 33.6. The fourth-order valence-electron chi connectivity index (χ4n) is 7.05. The first-order valence-corrected chi connectivity index (χ1v) is 17.1. The van der Waals surface area contributed by atoms with E-state index in [1.54, 1.807) is 0 Å². The van der Waals surface area contributed by atoms with Crippen LogP contribution in [0.25, 0.3) is 10.9 Å². The van der Waals surface area contributed by atoms with Crippen LogP contribution in [0.2, 0.25) is 5.02 Å². The molecule has 0 spiro atoms. The Morgan fingerprint density at radius 2 is 1.77 bits per heavy atom. The lowest BCUT2D eigenvalue weighted by atomic mass is 9.91. The van der Waals surface area contributed by atoms with Crippen molar-refractivity contribution in [3.8, 4) is 0 Å². The van der Waals surface area contributed by atoms with Gasteiger partial charge < -0.3 is 29.7 Å². The number of rotatable bonds is 11. The smallest absolute Gasteiger partial charge is 0.249 e. The molecule has 10 heteroatoms. The molecule has 1 aromatic heterocycles. The van der Waals surface area contributed by atoms with Gasteiger partial charge in [-0.2, -0.15) is 0 Å². The summed E-state index contributed by atoms with van der Waals surface area (Å²) in [6, 6.07) is 22.6. The summed E-state index contributed by atoms with van der Waals surface area (Å²) in [5.74, 6) is -0.182.